The van der Waals surface area contributed by atoms with Crippen molar-refractivity contribution >= 4 is 15.9 Å². The van der Waals surface area contributed by atoms with Gasteiger partial charge in [-0.1, -0.05) is 22.9 Å². The highest BCUT2D eigenvalue weighted by Gasteiger charge is 1.96. The monoisotopic (exact) mass is 184 g/mol. The summed E-state index contributed by atoms with van der Waals surface area (Å²) in [5.41, 5.74) is 0.972. The third-order valence-corrected chi connectivity index (χ3v) is 1.66. The lowest BCUT2D eigenvalue weighted by molar-refractivity contribution is 1.36. The van der Waals surface area contributed by atoms with Crippen LogP contribution in [0.2, 0.25) is 0 Å². The Morgan fingerprint density at radius 1 is 1.89 bits per heavy atom. The molecule has 0 aliphatic carbocycles. The molecule has 0 unspecified atom stereocenters. The summed E-state index contributed by atoms with van der Waals surface area (Å²) >= 11 is 3.14. The molecule has 46 valence electrons. The molecule has 0 heterocycles. The quantitative estimate of drug-likeness (QED) is 0.349. The second-order valence-corrected chi connectivity index (χ2v) is 2.05. The van der Waals surface area contributed by atoms with Crippen LogP contribution in [0, 0.1) is 17.9 Å². The zero-order chi connectivity index (χ0) is 7.28. The van der Waals surface area contributed by atoms with Gasteiger partial charge in [0.15, 0.2) is 0 Å². The van der Waals surface area contributed by atoms with E-state index in [1.54, 1.807) is 13.0 Å². The fraction of sp³-hybridized carbons (Fsp3) is 0.333. The lowest BCUT2D eigenvalue weighted by atomic mass is 10.3. The van der Waals surface area contributed by atoms with Gasteiger partial charge in [0.25, 0.3) is 5.70 Å². The van der Waals surface area contributed by atoms with Crippen LogP contribution in [-0.4, -0.2) is 5.33 Å². The van der Waals surface area contributed by atoms with E-state index in [4.69, 9.17) is 11.8 Å². The highest BCUT2D eigenvalue weighted by molar-refractivity contribution is 9.09. The van der Waals surface area contributed by atoms with E-state index in [1.165, 1.54) is 0 Å². The van der Waals surface area contributed by atoms with E-state index < -0.39 is 0 Å². The van der Waals surface area contributed by atoms with Gasteiger partial charge >= 0.3 is 0 Å². The van der Waals surface area contributed by atoms with Gasteiger partial charge in [0.05, 0.1) is 12.6 Å². The molecule has 2 nitrogen and oxygen atoms in total. The van der Waals surface area contributed by atoms with Gasteiger partial charge in [-0.25, -0.2) is 10.1 Å². The van der Waals surface area contributed by atoms with E-state index in [1.807, 2.05) is 0 Å². The summed E-state index contributed by atoms with van der Waals surface area (Å²) in [6, 6.07) is 1.80. The second-order valence-electron chi connectivity index (χ2n) is 1.49. The zero-order valence-electron chi connectivity index (χ0n) is 4.98. The average Bonchev–Trinajstić information content (AvgIpc) is 1.90. The van der Waals surface area contributed by atoms with Gasteiger partial charge in [-0.2, -0.15) is 0 Å². The molecule has 0 spiro atoms. The number of hydrogen-bond acceptors (Lipinski definition) is 1. The van der Waals surface area contributed by atoms with Gasteiger partial charge < -0.3 is 0 Å². The van der Waals surface area contributed by atoms with E-state index >= 15 is 0 Å². The van der Waals surface area contributed by atoms with Crippen LogP contribution in [0.5, 0.6) is 0 Å². The number of nitriles is 1. The van der Waals surface area contributed by atoms with Crippen molar-refractivity contribution in [2.45, 2.75) is 6.92 Å². The zero-order valence-corrected chi connectivity index (χ0v) is 6.57. The van der Waals surface area contributed by atoms with Crippen molar-refractivity contribution in [1.82, 2.24) is 0 Å². The molecule has 3 heteroatoms. The predicted octanol–water partition coefficient (Wildman–Crippen LogP) is 2.10. The number of allylic oxidation sites excluding steroid dienone is 2. The van der Waals surface area contributed by atoms with Crippen molar-refractivity contribution < 1.29 is 0 Å². The summed E-state index contributed by atoms with van der Waals surface area (Å²) in [6.07, 6.45) is 0. The SMILES string of the molecule is [C-]#[N+]/C(C#N)=C(/C)CBr. The smallest absolute Gasteiger partial charge is 0.227 e. The van der Waals surface area contributed by atoms with Gasteiger partial charge in [0, 0.05) is 5.33 Å². The third kappa shape index (κ3) is 2.30. The van der Waals surface area contributed by atoms with Gasteiger partial charge in [0.2, 0.25) is 0 Å². The molecule has 0 fully saturated rings. The molecule has 0 atom stereocenters. The summed E-state index contributed by atoms with van der Waals surface area (Å²) in [7, 11) is 0. The first-order valence-electron chi connectivity index (χ1n) is 2.29. The Labute approximate surface area is 62.7 Å². The maximum atomic E-state index is 8.29. The number of hydrogen-bond donors (Lipinski definition) is 0. The Morgan fingerprint density at radius 3 is 2.56 bits per heavy atom. The fourth-order valence-corrected chi connectivity index (χ4v) is 0.545. The lowest BCUT2D eigenvalue weighted by Crippen LogP contribution is -1.80. The van der Waals surface area contributed by atoms with Crippen molar-refractivity contribution in [1.29, 1.82) is 5.26 Å². The molecule has 0 saturated carbocycles. The first kappa shape index (κ1) is 8.20. The van der Waals surface area contributed by atoms with Crippen molar-refractivity contribution in [2.24, 2.45) is 0 Å². The number of rotatable bonds is 1. The van der Waals surface area contributed by atoms with Crippen LogP contribution in [-0.2, 0) is 0 Å². The van der Waals surface area contributed by atoms with Crippen molar-refractivity contribution in [3.8, 4) is 6.07 Å². The van der Waals surface area contributed by atoms with Crippen LogP contribution in [0.3, 0.4) is 0 Å². The summed E-state index contributed by atoms with van der Waals surface area (Å²) in [4.78, 5) is 3.02. The molecule has 9 heavy (non-hydrogen) atoms. The highest BCUT2D eigenvalue weighted by atomic mass is 79.9. The van der Waals surface area contributed by atoms with Crippen LogP contribution in [0.1, 0.15) is 6.92 Å². The molecule has 0 bridgehead atoms. The van der Waals surface area contributed by atoms with Gasteiger partial charge in [-0.15, -0.1) is 0 Å². The van der Waals surface area contributed by atoms with Crippen LogP contribution in [0.4, 0.5) is 0 Å². The Bertz CT molecular complexity index is 188. The number of nitrogens with zero attached hydrogens (tertiary/aromatic N) is 2. The van der Waals surface area contributed by atoms with E-state index in [0.717, 1.165) is 5.57 Å². The standard InChI is InChI=1S/C6H5BrN2/c1-5(3-7)6(4-8)9-2/h3H2,1H3/b6-5-. The largest absolute Gasteiger partial charge is 0.261 e. The highest BCUT2D eigenvalue weighted by Crippen LogP contribution is 2.06. The molecule has 0 radical (unpaired) electrons. The van der Waals surface area contributed by atoms with Crippen LogP contribution in [0.25, 0.3) is 4.85 Å². The average molecular weight is 185 g/mol. The van der Waals surface area contributed by atoms with E-state index in [2.05, 4.69) is 20.8 Å². The van der Waals surface area contributed by atoms with Gasteiger partial charge in [-0.3, -0.25) is 0 Å². The first-order valence-corrected chi connectivity index (χ1v) is 3.41. The topological polar surface area (TPSA) is 28.1 Å². The van der Waals surface area contributed by atoms with Crippen molar-refractivity contribution in [2.75, 3.05) is 5.33 Å². The van der Waals surface area contributed by atoms with E-state index in [9.17, 15) is 0 Å². The molecule has 0 aliphatic rings. The Hall–Kier alpha value is -0.800. The first-order chi connectivity index (χ1) is 4.26. The maximum Gasteiger partial charge on any atom is 0.261 e. The van der Waals surface area contributed by atoms with E-state index in [-0.39, 0.29) is 5.70 Å². The molecule has 0 aliphatic heterocycles. The molecule has 0 aromatic heterocycles. The molecule has 0 rings (SSSR count). The normalized spacial score (nSPS) is 11.1. The third-order valence-electron chi connectivity index (χ3n) is 0.822. The maximum absolute atomic E-state index is 8.29. The minimum absolute atomic E-state index is 0.187. The second kappa shape index (κ2) is 4.12. The van der Waals surface area contributed by atoms with Crippen LogP contribution >= 0.6 is 15.9 Å². The minimum atomic E-state index is 0.187. The molecule has 0 aromatic carbocycles. The molecule has 0 aromatic rings. The summed E-state index contributed by atoms with van der Waals surface area (Å²) < 4.78 is 0. The molecule has 0 amide bonds. The molecule has 0 saturated heterocycles. The lowest BCUT2D eigenvalue weighted by Gasteiger charge is -1.88. The molecular weight excluding hydrogens is 180 g/mol. The summed E-state index contributed by atoms with van der Waals surface area (Å²) in [6.45, 7) is 8.27. The van der Waals surface area contributed by atoms with Gasteiger partial charge in [-0.05, 0) is 5.57 Å². The van der Waals surface area contributed by atoms with Gasteiger partial charge in [0.1, 0.15) is 0 Å². The molecule has 0 N–H and O–H groups in total. The predicted molar refractivity (Wildman–Crippen MR) is 38.7 cm³/mol. The Morgan fingerprint density at radius 2 is 2.44 bits per heavy atom. The Kier molecular flexibility index (Phi) is 3.75. The number of alkyl halides is 1. The molecular formula is C6H5BrN2. The van der Waals surface area contributed by atoms with Crippen molar-refractivity contribution in [3.63, 3.8) is 0 Å². The summed E-state index contributed by atoms with van der Waals surface area (Å²) in [5, 5.41) is 8.88. The number of halogens is 1. The van der Waals surface area contributed by atoms with Crippen LogP contribution in [0.15, 0.2) is 11.3 Å². The minimum Gasteiger partial charge on any atom is -0.227 e. The van der Waals surface area contributed by atoms with E-state index in [0.29, 0.717) is 5.33 Å². The fourth-order valence-electron chi connectivity index (χ4n) is 0.279. The summed E-state index contributed by atoms with van der Waals surface area (Å²) in [5.74, 6) is 0. The Balaban J connectivity index is 4.49. The van der Waals surface area contributed by atoms with Crippen LogP contribution < -0.4 is 0 Å². The van der Waals surface area contributed by atoms with Crippen molar-refractivity contribution in [3.05, 3.63) is 22.7 Å².